The van der Waals surface area contributed by atoms with E-state index in [4.69, 9.17) is 18.0 Å². The largest absolute Gasteiger partial charge is 0.392 e. The first-order valence-electron chi connectivity index (χ1n) is 5.57. The van der Waals surface area contributed by atoms with Crippen molar-refractivity contribution in [3.05, 3.63) is 0 Å². The fourth-order valence-electron chi connectivity index (χ4n) is 0.885. The average Bonchev–Trinajstić information content (AvgIpc) is 2.11. The highest BCUT2D eigenvalue weighted by Crippen LogP contribution is 2.25. The first-order chi connectivity index (χ1) is 6.99. The maximum absolute atomic E-state index is 11.9. The number of hydrogen-bond donors (Lipinski definition) is 2. The predicted octanol–water partition coefficient (Wildman–Crippen LogP) is 2.10. The minimum Gasteiger partial charge on any atom is -0.392 e. The van der Waals surface area contributed by atoms with Crippen molar-refractivity contribution in [2.45, 2.75) is 41.5 Å². The minimum atomic E-state index is -0.771. The van der Waals surface area contributed by atoms with Gasteiger partial charge in [0.25, 0.3) is 0 Å². The monoisotopic (exact) mass is 244 g/mol. The maximum atomic E-state index is 11.9. The van der Waals surface area contributed by atoms with Gasteiger partial charge in [0.15, 0.2) is 0 Å². The normalized spacial score (nSPS) is 14.4. The lowest BCUT2D eigenvalue weighted by molar-refractivity contribution is -0.126. The molecule has 0 saturated heterocycles. The van der Waals surface area contributed by atoms with Crippen LogP contribution >= 0.6 is 12.2 Å². The van der Waals surface area contributed by atoms with Gasteiger partial charge in [0, 0.05) is 6.54 Å². The molecule has 16 heavy (non-hydrogen) atoms. The Bertz CT molecular complexity index is 279. The number of amides is 1. The molecule has 1 amide bonds. The van der Waals surface area contributed by atoms with Gasteiger partial charge in [-0.15, -0.1) is 0 Å². The smallest absolute Gasteiger partial charge is 0.232 e. The van der Waals surface area contributed by atoms with Gasteiger partial charge in [0.05, 0.1) is 10.4 Å². The predicted molar refractivity (Wildman–Crippen MR) is 72.2 cm³/mol. The topological polar surface area (TPSA) is 55.1 Å². The molecule has 0 aliphatic rings. The standard InChI is InChI=1S/C12H24N2OS/c1-8(11(2,3)4)7-14-10(15)12(5,6)9(13)16/h8H,7H2,1-6H3,(H2,13,16)(H,14,15). The molecule has 1 unspecified atom stereocenters. The third-order valence-corrected chi connectivity index (χ3v) is 3.74. The summed E-state index contributed by atoms with van der Waals surface area (Å²) < 4.78 is 0. The van der Waals surface area contributed by atoms with E-state index in [0.717, 1.165) is 0 Å². The molecule has 0 aliphatic carbocycles. The Morgan fingerprint density at radius 2 is 1.75 bits per heavy atom. The second-order valence-electron chi connectivity index (χ2n) is 5.97. The van der Waals surface area contributed by atoms with E-state index in [-0.39, 0.29) is 16.3 Å². The van der Waals surface area contributed by atoms with E-state index in [1.54, 1.807) is 13.8 Å². The summed E-state index contributed by atoms with van der Waals surface area (Å²) in [6, 6.07) is 0. The lowest BCUT2D eigenvalue weighted by Gasteiger charge is -2.29. The molecule has 0 aromatic carbocycles. The summed E-state index contributed by atoms with van der Waals surface area (Å²) in [5.74, 6) is 0.301. The highest BCUT2D eigenvalue weighted by atomic mass is 32.1. The molecule has 0 rings (SSSR count). The molecule has 0 saturated carbocycles. The molecule has 0 aromatic rings. The molecule has 0 aliphatic heterocycles. The van der Waals surface area contributed by atoms with Crippen molar-refractivity contribution in [1.82, 2.24) is 5.32 Å². The third kappa shape index (κ3) is 4.08. The van der Waals surface area contributed by atoms with Gasteiger partial charge in [-0.3, -0.25) is 4.79 Å². The molecule has 0 bridgehead atoms. The van der Waals surface area contributed by atoms with Gasteiger partial charge in [-0.1, -0.05) is 39.9 Å². The molecule has 0 radical (unpaired) electrons. The Morgan fingerprint density at radius 3 is 2.06 bits per heavy atom. The van der Waals surface area contributed by atoms with Crippen molar-refractivity contribution in [2.24, 2.45) is 22.5 Å². The minimum absolute atomic E-state index is 0.101. The number of hydrogen-bond acceptors (Lipinski definition) is 2. The molecule has 4 heteroatoms. The van der Waals surface area contributed by atoms with Gasteiger partial charge in [-0.25, -0.2) is 0 Å². The number of nitrogens with one attached hydrogen (secondary N) is 1. The van der Waals surface area contributed by atoms with E-state index in [9.17, 15) is 4.79 Å². The molecular weight excluding hydrogens is 220 g/mol. The van der Waals surface area contributed by atoms with Crippen molar-refractivity contribution in [2.75, 3.05) is 6.54 Å². The van der Waals surface area contributed by atoms with Crippen molar-refractivity contribution >= 4 is 23.1 Å². The van der Waals surface area contributed by atoms with Crippen LogP contribution in [0.4, 0.5) is 0 Å². The second-order valence-corrected chi connectivity index (χ2v) is 6.41. The van der Waals surface area contributed by atoms with Crippen LogP contribution in [0, 0.1) is 16.7 Å². The zero-order valence-corrected chi connectivity index (χ0v) is 12.0. The maximum Gasteiger partial charge on any atom is 0.232 e. The van der Waals surface area contributed by atoms with Crippen LogP contribution in [-0.4, -0.2) is 17.4 Å². The number of carbonyl (C=O) groups is 1. The Kier molecular flexibility index (Phi) is 4.92. The summed E-state index contributed by atoms with van der Waals surface area (Å²) in [6.07, 6.45) is 0. The summed E-state index contributed by atoms with van der Waals surface area (Å²) in [5, 5.41) is 2.90. The van der Waals surface area contributed by atoms with E-state index >= 15 is 0 Å². The molecule has 0 aromatic heterocycles. The molecule has 0 fully saturated rings. The van der Waals surface area contributed by atoms with Crippen LogP contribution in [-0.2, 0) is 4.79 Å². The van der Waals surface area contributed by atoms with Crippen LogP contribution in [0.2, 0.25) is 0 Å². The molecular formula is C12H24N2OS. The van der Waals surface area contributed by atoms with Gasteiger partial charge in [-0.2, -0.15) is 0 Å². The van der Waals surface area contributed by atoms with E-state index in [0.29, 0.717) is 12.5 Å². The Hall–Kier alpha value is -0.640. The first-order valence-corrected chi connectivity index (χ1v) is 5.98. The number of rotatable bonds is 4. The van der Waals surface area contributed by atoms with Crippen LogP contribution in [0.25, 0.3) is 0 Å². The van der Waals surface area contributed by atoms with Gasteiger partial charge in [0.2, 0.25) is 5.91 Å². The summed E-state index contributed by atoms with van der Waals surface area (Å²) >= 11 is 4.88. The van der Waals surface area contributed by atoms with Gasteiger partial charge < -0.3 is 11.1 Å². The lowest BCUT2D eigenvalue weighted by Crippen LogP contribution is -2.46. The van der Waals surface area contributed by atoms with E-state index in [1.165, 1.54) is 0 Å². The van der Waals surface area contributed by atoms with E-state index in [2.05, 4.69) is 33.0 Å². The SMILES string of the molecule is CC(CNC(=O)C(C)(C)C(N)=S)C(C)(C)C. The van der Waals surface area contributed by atoms with Crippen LogP contribution < -0.4 is 11.1 Å². The molecule has 3 N–H and O–H groups in total. The van der Waals surface area contributed by atoms with Gasteiger partial charge in [-0.05, 0) is 25.2 Å². The quantitative estimate of drug-likeness (QED) is 0.745. The summed E-state index contributed by atoms with van der Waals surface area (Å²) in [7, 11) is 0. The number of thiocarbonyl (C=S) groups is 1. The highest BCUT2D eigenvalue weighted by molar-refractivity contribution is 7.80. The van der Waals surface area contributed by atoms with Crippen LogP contribution in [0.3, 0.4) is 0 Å². The molecule has 0 heterocycles. The fraction of sp³-hybridized carbons (Fsp3) is 0.833. The zero-order valence-electron chi connectivity index (χ0n) is 11.2. The van der Waals surface area contributed by atoms with E-state index in [1.807, 2.05) is 0 Å². The van der Waals surface area contributed by atoms with Crippen LogP contribution in [0.5, 0.6) is 0 Å². The Labute approximate surface area is 104 Å². The van der Waals surface area contributed by atoms with Gasteiger partial charge in [0.1, 0.15) is 0 Å². The highest BCUT2D eigenvalue weighted by Gasteiger charge is 2.31. The average molecular weight is 244 g/mol. The molecule has 94 valence electrons. The zero-order chi connectivity index (χ0) is 13.1. The summed E-state index contributed by atoms with van der Waals surface area (Å²) in [6.45, 7) is 12.7. The lowest BCUT2D eigenvalue weighted by atomic mass is 9.82. The third-order valence-electron chi connectivity index (χ3n) is 3.23. The Balaban J connectivity index is 4.35. The van der Waals surface area contributed by atoms with Crippen molar-refractivity contribution in [3.8, 4) is 0 Å². The summed E-state index contributed by atoms with van der Waals surface area (Å²) in [4.78, 5) is 12.1. The Morgan fingerprint density at radius 1 is 1.31 bits per heavy atom. The van der Waals surface area contributed by atoms with Crippen LogP contribution in [0.1, 0.15) is 41.5 Å². The summed E-state index contributed by atoms with van der Waals surface area (Å²) in [5.41, 5.74) is 4.94. The number of carbonyl (C=O) groups excluding carboxylic acids is 1. The molecule has 1 atom stereocenters. The van der Waals surface area contributed by atoms with Crippen molar-refractivity contribution < 1.29 is 4.79 Å². The van der Waals surface area contributed by atoms with Crippen molar-refractivity contribution in [1.29, 1.82) is 0 Å². The molecule has 0 spiro atoms. The van der Waals surface area contributed by atoms with E-state index < -0.39 is 5.41 Å². The second kappa shape index (κ2) is 5.13. The first kappa shape index (κ1) is 15.4. The van der Waals surface area contributed by atoms with Crippen LogP contribution in [0.15, 0.2) is 0 Å². The molecule has 3 nitrogen and oxygen atoms in total. The van der Waals surface area contributed by atoms with Crippen molar-refractivity contribution in [3.63, 3.8) is 0 Å². The number of nitrogens with two attached hydrogens (primary N) is 1. The van der Waals surface area contributed by atoms with Gasteiger partial charge >= 0.3 is 0 Å². The fourth-order valence-corrected chi connectivity index (χ4v) is 0.978.